The first kappa shape index (κ1) is 13.6. The van der Waals surface area contributed by atoms with Crippen LogP contribution in [0, 0.1) is 6.92 Å². The lowest BCUT2D eigenvalue weighted by Crippen LogP contribution is -2.28. The smallest absolute Gasteiger partial charge is 0.305 e. The molecule has 0 aromatic heterocycles. The van der Waals surface area contributed by atoms with Crippen molar-refractivity contribution in [3.63, 3.8) is 0 Å². The molecule has 5 nitrogen and oxygen atoms in total. The van der Waals surface area contributed by atoms with Gasteiger partial charge in [0.05, 0.1) is 12.1 Å². The molecule has 1 N–H and O–H groups in total. The summed E-state index contributed by atoms with van der Waals surface area (Å²) >= 11 is 1.20. The van der Waals surface area contributed by atoms with Gasteiger partial charge in [-0.05, 0) is 18.6 Å². The van der Waals surface area contributed by atoms with Gasteiger partial charge in [0.15, 0.2) is 5.17 Å². The third-order valence-corrected chi connectivity index (χ3v) is 4.06. The Morgan fingerprint density at radius 2 is 2.16 bits per heavy atom. The number of aliphatic carboxylic acids is 1. The number of nitrogens with zero attached hydrogens (tertiary/aromatic N) is 2. The van der Waals surface area contributed by atoms with Crippen molar-refractivity contribution >= 4 is 34.5 Å². The number of carbonyl (C=O) groups is 2. The molecular formula is C13H14N2O3S. The molecule has 0 aliphatic carbocycles. The van der Waals surface area contributed by atoms with E-state index in [0.29, 0.717) is 5.17 Å². The number of carboxylic acid groups (broad SMARTS) is 1. The van der Waals surface area contributed by atoms with Gasteiger partial charge in [-0.2, -0.15) is 0 Å². The van der Waals surface area contributed by atoms with Crippen LogP contribution in [0.3, 0.4) is 0 Å². The molecule has 2 rings (SSSR count). The minimum atomic E-state index is -0.976. The number of para-hydroxylation sites is 1. The van der Waals surface area contributed by atoms with Crippen LogP contribution in [0.5, 0.6) is 0 Å². The van der Waals surface area contributed by atoms with Crippen molar-refractivity contribution in [3.05, 3.63) is 29.8 Å². The molecule has 0 saturated carbocycles. The zero-order valence-electron chi connectivity index (χ0n) is 10.7. The fraction of sp³-hybridized carbons (Fsp3) is 0.308. The number of aryl methyl sites for hydroxylation is 1. The van der Waals surface area contributed by atoms with Crippen LogP contribution in [0.2, 0.25) is 0 Å². The quantitative estimate of drug-likeness (QED) is 0.918. The summed E-state index contributed by atoms with van der Waals surface area (Å²) in [6.07, 6.45) is -0.180. The van der Waals surface area contributed by atoms with Crippen LogP contribution in [0.4, 0.5) is 5.69 Å². The molecule has 19 heavy (non-hydrogen) atoms. The van der Waals surface area contributed by atoms with Crippen LogP contribution in [0.25, 0.3) is 0 Å². The Hall–Kier alpha value is -1.82. The van der Waals surface area contributed by atoms with Gasteiger partial charge in [-0.15, -0.1) is 0 Å². The number of carboxylic acids is 1. The highest BCUT2D eigenvalue weighted by molar-refractivity contribution is 8.15. The Balaban J connectivity index is 2.25. The van der Waals surface area contributed by atoms with Crippen LogP contribution < -0.4 is 0 Å². The molecule has 1 saturated heterocycles. The minimum absolute atomic E-state index is 0.180. The standard InChI is InChI=1S/C13H14N2O3S/c1-8-5-3-4-6-9(8)14-13-15(2)12(18)10(19-13)7-11(16)17/h3-6,10H,7H2,1-2H3,(H,16,17)/t10-/m1/s1. The van der Waals surface area contributed by atoms with E-state index in [4.69, 9.17) is 5.11 Å². The first-order chi connectivity index (χ1) is 8.99. The fourth-order valence-corrected chi connectivity index (χ4v) is 2.89. The number of aliphatic imine (C=N–C) groups is 1. The van der Waals surface area contributed by atoms with Gasteiger partial charge < -0.3 is 5.11 Å². The lowest BCUT2D eigenvalue weighted by Gasteiger charge is -2.08. The zero-order chi connectivity index (χ0) is 14.0. The molecule has 1 aromatic carbocycles. The molecule has 1 amide bonds. The molecule has 100 valence electrons. The Morgan fingerprint density at radius 3 is 2.79 bits per heavy atom. The third-order valence-electron chi connectivity index (χ3n) is 2.83. The second kappa shape index (κ2) is 5.44. The highest BCUT2D eigenvalue weighted by Gasteiger charge is 2.36. The lowest BCUT2D eigenvalue weighted by molar-refractivity contribution is -0.139. The SMILES string of the molecule is Cc1ccccc1N=C1S[C@H](CC(=O)O)C(=O)N1C. The molecule has 0 spiro atoms. The zero-order valence-corrected chi connectivity index (χ0v) is 11.5. The maximum absolute atomic E-state index is 11.9. The fourth-order valence-electron chi connectivity index (χ4n) is 1.75. The van der Waals surface area contributed by atoms with Crippen molar-refractivity contribution in [1.29, 1.82) is 0 Å². The summed E-state index contributed by atoms with van der Waals surface area (Å²) in [5, 5.41) is 8.74. The second-order valence-electron chi connectivity index (χ2n) is 4.28. The molecule has 1 aliphatic rings. The Bertz CT molecular complexity index is 557. The predicted molar refractivity (Wildman–Crippen MR) is 74.7 cm³/mol. The number of amides is 1. The van der Waals surface area contributed by atoms with Gasteiger partial charge in [-0.25, -0.2) is 4.99 Å². The first-order valence-electron chi connectivity index (χ1n) is 5.79. The first-order valence-corrected chi connectivity index (χ1v) is 6.67. The van der Waals surface area contributed by atoms with Gasteiger partial charge in [0.1, 0.15) is 5.25 Å². The van der Waals surface area contributed by atoms with Gasteiger partial charge in [-0.1, -0.05) is 30.0 Å². The monoisotopic (exact) mass is 278 g/mol. The van der Waals surface area contributed by atoms with E-state index in [1.807, 2.05) is 31.2 Å². The number of benzene rings is 1. The summed E-state index contributed by atoms with van der Waals surface area (Å²) in [7, 11) is 1.62. The van der Waals surface area contributed by atoms with E-state index < -0.39 is 11.2 Å². The number of hydrogen-bond donors (Lipinski definition) is 1. The Kier molecular flexibility index (Phi) is 3.90. The molecule has 1 atom stereocenters. The second-order valence-corrected chi connectivity index (χ2v) is 5.45. The topological polar surface area (TPSA) is 70.0 Å². The number of rotatable bonds is 3. The summed E-state index contributed by atoms with van der Waals surface area (Å²) in [4.78, 5) is 28.4. The van der Waals surface area contributed by atoms with Crippen molar-refractivity contribution in [2.45, 2.75) is 18.6 Å². The molecular weight excluding hydrogens is 264 g/mol. The van der Waals surface area contributed by atoms with Crippen molar-refractivity contribution in [2.24, 2.45) is 4.99 Å². The molecule has 1 aliphatic heterocycles. The minimum Gasteiger partial charge on any atom is -0.481 e. The summed E-state index contributed by atoms with van der Waals surface area (Å²) in [6.45, 7) is 1.94. The average molecular weight is 278 g/mol. The van der Waals surface area contributed by atoms with Crippen LogP contribution in [-0.4, -0.2) is 39.3 Å². The molecule has 0 radical (unpaired) electrons. The highest BCUT2D eigenvalue weighted by atomic mass is 32.2. The van der Waals surface area contributed by atoms with Crippen molar-refractivity contribution in [1.82, 2.24) is 4.90 Å². The van der Waals surface area contributed by atoms with Crippen molar-refractivity contribution in [3.8, 4) is 0 Å². The molecule has 0 bridgehead atoms. The number of carbonyl (C=O) groups excluding carboxylic acids is 1. The van der Waals surface area contributed by atoms with Gasteiger partial charge in [0.25, 0.3) is 0 Å². The van der Waals surface area contributed by atoms with Crippen LogP contribution in [0.15, 0.2) is 29.3 Å². The van der Waals surface area contributed by atoms with Crippen LogP contribution in [0.1, 0.15) is 12.0 Å². The molecule has 1 fully saturated rings. The molecule has 1 aromatic rings. The van der Waals surface area contributed by atoms with E-state index in [2.05, 4.69) is 4.99 Å². The van der Waals surface area contributed by atoms with Gasteiger partial charge in [-0.3, -0.25) is 14.5 Å². The lowest BCUT2D eigenvalue weighted by atomic mass is 10.2. The van der Waals surface area contributed by atoms with E-state index >= 15 is 0 Å². The maximum Gasteiger partial charge on any atom is 0.305 e. The highest BCUT2D eigenvalue weighted by Crippen LogP contribution is 2.31. The van der Waals surface area contributed by atoms with Crippen molar-refractivity contribution < 1.29 is 14.7 Å². The summed E-state index contributed by atoms with van der Waals surface area (Å²) < 4.78 is 0. The normalized spacial score (nSPS) is 21.2. The average Bonchev–Trinajstić information content (AvgIpc) is 2.60. The Morgan fingerprint density at radius 1 is 1.47 bits per heavy atom. The molecule has 0 unspecified atom stereocenters. The largest absolute Gasteiger partial charge is 0.481 e. The van der Waals surface area contributed by atoms with E-state index in [1.165, 1.54) is 16.7 Å². The van der Waals surface area contributed by atoms with E-state index in [1.54, 1.807) is 7.05 Å². The molecule has 6 heteroatoms. The van der Waals surface area contributed by atoms with E-state index in [0.717, 1.165) is 11.3 Å². The van der Waals surface area contributed by atoms with Crippen LogP contribution in [-0.2, 0) is 9.59 Å². The van der Waals surface area contributed by atoms with E-state index in [9.17, 15) is 9.59 Å². The Labute approximate surface area is 115 Å². The van der Waals surface area contributed by atoms with Gasteiger partial charge in [0.2, 0.25) is 5.91 Å². The molecule has 1 heterocycles. The number of amidine groups is 1. The number of thioether (sulfide) groups is 1. The maximum atomic E-state index is 11.9. The summed E-state index contributed by atoms with van der Waals surface area (Å²) in [5.41, 5.74) is 1.80. The number of hydrogen-bond acceptors (Lipinski definition) is 4. The van der Waals surface area contributed by atoms with E-state index in [-0.39, 0.29) is 12.3 Å². The third kappa shape index (κ3) is 2.96. The van der Waals surface area contributed by atoms with Crippen LogP contribution >= 0.6 is 11.8 Å². The van der Waals surface area contributed by atoms with Gasteiger partial charge in [0, 0.05) is 7.05 Å². The summed E-state index contributed by atoms with van der Waals surface area (Å²) in [5.74, 6) is -1.18. The van der Waals surface area contributed by atoms with Crippen molar-refractivity contribution in [2.75, 3.05) is 7.05 Å². The predicted octanol–water partition coefficient (Wildman–Crippen LogP) is 2.03. The summed E-state index contributed by atoms with van der Waals surface area (Å²) in [6, 6.07) is 7.60. The van der Waals surface area contributed by atoms with Gasteiger partial charge >= 0.3 is 5.97 Å².